The molecule has 3 heteroatoms. The monoisotopic (exact) mass is 262 g/mol. The van der Waals surface area contributed by atoms with E-state index in [0.717, 1.165) is 27.7 Å². The molecule has 1 aromatic heterocycles. The Morgan fingerprint density at radius 2 is 1.65 bits per heavy atom. The van der Waals surface area contributed by atoms with Crippen molar-refractivity contribution >= 4 is 16.8 Å². The zero-order valence-corrected chi connectivity index (χ0v) is 11.1. The molecule has 0 bridgehead atoms. The molecule has 20 heavy (non-hydrogen) atoms. The van der Waals surface area contributed by atoms with Crippen molar-refractivity contribution in [2.75, 3.05) is 0 Å². The molecule has 0 saturated heterocycles. The van der Waals surface area contributed by atoms with Crippen molar-refractivity contribution in [1.82, 2.24) is 4.98 Å². The summed E-state index contributed by atoms with van der Waals surface area (Å²) < 4.78 is 0. The molecule has 0 aliphatic rings. The van der Waals surface area contributed by atoms with E-state index in [1.54, 1.807) is 0 Å². The van der Waals surface area contributed by atoms with Crippen LogP contribution in [-0.4, -0.2) is 10.9 Å². The number of benzene rings is 2. The van der Waals surface area contributed by atoms with Gasteiger partial charge < -0.3 is 5.73 Å². The number of hydrogen-bond acceptors (Lipinski definition) is 2. The van der Waals surface area contributed by atoms with Crippen molar-refractivity contribution < 1.29 is 4.79 Å². The van der Waals surface area contributed by atoms with Crippen molar-refractivity contribution in [2.24, 2.45) is 5.73 Å². The van der Waals surface area contributed by atoms with Crippen molar-refractivity contribution in [3.63, 3.8) is 0 Å². The number of nitrogens with two attached hydrogens (primary N) is 1. The predicted molar refractivity (Wildman–Crippen MR) is 80.4 cm³/mol. The molecule has 0 spiro atoms. The Morgan fingerprint density at radius 3 is 2.35 bits per heavy atom. The molecule has 1 heterocycles. The van der Waals surface area contributed by atoms with Gasteiger partial charge in [0.1, 0.15) is 0 Å². The Bertz CT molecular complexity index is 795. The van der Waals surface area contributed by atoms with E-state index in [4.69, 9.17) is 5.73 Å². The smallest absolute Gasteiger partial charge is 0.249 e. The zero-order chi connectivity index (χ0) is 14.1. The minimum absolute atomic E-state index is 0.418. The van der Waals surface area contributed by atoms with Gasteiger partial charge in [-0.1, -0.05) is 48.5 Å². The van der Waals surface area contributed by atoms with Crippen molar-refractivity contribution in [3.8, 4) is 11.3 Å². The van der Waals surface area contributed by atoms with Gasteiger partial charge in [0.05, 0.1) is 16.8 Å². The molecule has 3 rings (SSSR count). The lowest BCUT2D eigenvalue weighted by molar-refractivity contribution is 0.100. The molecule has 0 aliphatic carbocycles. The van der Waals surface area contributed by atoms with Gasteiger partial charge in [-0.15, -0.1) is 0 Å². The van der Waals surface area contributed by atoms with Gasteiger partial charge >= 0.3 is 0 Å². The lowest BCUT2D eigenvalue weighted by Crippen LogP contribution is -2.14. The van der Waals surface area contributed by atoms with Crippen LogP contribution in [0.25, 0.3) is 22.2 Å². The topological polar surface area (TPSA) is 56.0 Å². The Hall–Kier alpha value is -2.68. The van der Waals surface area contributed by atoms with E-state index in [1.807, 2.05) is 61.5 Å². The van der Waals surface area contributed by atoms with Gasteiger partial charge in [-0.25, -0.2) is 4.98 Å². The van der Waals surface area contributed by atoms with E-state index in [0.29, 0.717) is 5.56 Å². The largest absolute Gasteiger partial charge is 0.366 e. The maximum Gasteiger partial charge on any atom is 0.249 e. The standard InChI is InChI=1S/C17H14N2O/c1-11-15(17(18)20)13-9-5-6-10-14(13)19-16(11)12-7-3-2-4-8-12/h2-10H,1H3,(H2,18,20). The van der Waals surface area contributed by atoms with Crippen LogP contribution in [0.2, 0.25) is 0 Å². The van der Waals surface area contributed by atoms with Crippen LogP contribution in [0, 0.1) is 6.92 Å². The summed E-state index contributed by atoms with van der Waals surface area (Å²) in [6.07, 6.45) is 0. The Morgan fingerprint density at radius 1 is 1.00 bits per heavy atom. The first-order valence-corrected chi connectivity index (χ1v) is 6.43. The molecule has 3 aromatic rings. The van der Waals surface area contributed by atoms with Crippen LogP contribution in [0.3, 0.4) is 0 Å². The summed E-state index contributed by atoms with van der Waals surface area (Å²) in [4.78, 5) is 16.5. The Kier molecular flexibility index (Phi) is 2.95. The first-order valence-electron chi connectivity index (χ1n) is 6.43. The van der Waals surface area contributed by atoms with Crippen molar-refractivity contribution in [3.05, 3.63) is 65.7 Å². The van der Waals surface area contributed by atoms with Crippen LogP contribution < -0.4 is 5.73 Å². The van der Waals surface area contributed by atoms with Gasteiger partial charge in [0.25, 0.3) is 0 Å². The summed E-state index contributed by atoms with van der Waals surface area (Å²) in [5.41, 5.74) is 9.50. The highest BCUT2D eigenvalue weighted by atomic mass is 16.1. The predicted octanol–water partition coefficient (Wildman–Crippen LogP) is 3.31. The van der Waals surface area contributed by atoms with E-state index in [9.17, 15) is 4.79 Å². The average Bonchev–Trinajstić information content (AvgIpc) is 2.47. The zero-order valence-electron chi connectivity index (χ0n) is 11.1. The first kappa shape index (κ1) is 12.4. The van der Waals surface area contributed by atoms with Crippen molar-refractivity contribution in [2.45, 2.75) is 6.92 Å². The molecule has 2 N–H and O–H groups in total. The third-order valence-electron chi connectivity index (χ3n) is 3.43. The molecule has 1 amide bonds. The van der Waals surface area contributed by atoms with Crippen LogP contribution in [0.5, 0.6) is 0 Å². The Balaban J connectivity index is 2.40. The van der Waals surface area contributed by atoms with Crippen molar-refractivity contribution in [1.29, 1.82) is 0 Å². The number of aromatic nitrogens is 1. The summed E-state index contributed by atoms with van der Waals surface area (Å²) in [6.45, 7) is 1.89. The average molecular weight is 262 g/mol. The number of carbonyl (C=O) groups excluding carboxylic acids is 1. The molecular weight excluding hydrogens is 248 g/mol. The van der Waals surface area contributed by atoms with E-state index >= 15 is 0 Å². The van der Waals surface area contributed by atoms with Crippen LogP contribution in [0.1, 0.15) is 15.9 Å². The third kappa shape index (κ3) is 1.93. The molecule has 0 fully saturated rings. The summed E-state index contributed by atoms with van der Waals surface area (Å²) >= 11 is 0. The van der Waals surface area contributed by atoms with Crippen LogP contribution in [0.15, 0.2) is 54.6 Å². The summed E-state index contributed by atoms with van der Waals surface area (Å²) in [5.74, 6) is -0.418. The van der Waals surface area contributed by atoms with Gasteiger partial charge in [-0.3, -0.25) is 4.79 Å². The number of pyridine rings is 1. The number of fused-ring (bicyclic) bond motifs is 1. The first-order chi connectivity index (χ1) is 9.68. The number of nitrogens with zero attached hydrogens (tertiary/aromatic N) is 1. The lowest BCUT2D eigenvalue weighted by Gasteiger charge is -2.12. The van der Waals surface area contributed by atoms with Gasteiger partial charge in [-0.2, -0.15) is 0 Å². The number of primary amides is 1. The van der Waals surface area contributed by atoms with Gasteiger partial charge in [0, 0.05) is 10.9 Å². The summed E-state index contributed by atoms with van der Waals surface area (Å²) in [5, 5.41) is 0.803. The summed E-state index contributed by atoms with van der Waals surface area (Å²) in [6, 6.07) is 17.4. The second-order valence-electron chi connectivity index (χ2n) is 4.71. The fraction of sp³-hybridized carbons (Fsp3) is 0.0588. The minimum Gasteiger partial charge on any atom is -0.366 e. The second kappa shape index (κ2) is 4.78. The molecule has 0 atom stereocenters. The van der Waals surface area contributed by atoms with E-state index in [2.05, 4.69) is 4.98 Å². The van der Waals surface area contributed by atoms with Gasteiger partial charge in [0.15, 0.2) is 0 Å². The fourth-order valence-corrected chi connectivity index (χ4v) is 2.50. The molecule has 98 valence electrons. The SMILES string of the molecule is Cc1c(-c2ccccc2)nc2ccccc2c1C(N)=O. The fourth-order valence-electron chi connectivity index (χ4n) is 2.50. The number of rotatable bonds is 2. The number of para-hydroxylation sites is 1. The van der Waals surface area contributed by atoms with Gasteiger partial charge in [-0.05, 0) is 18.6 Å². The maximum atomic E-state index is 11.8. The number of hydrogen-bond donors (Lipinski definition) is 1. The molecule has 3 nitrogen and oxygen atoms in total. The molecular formula is C17H14N2O. The van der Waals surface area contributed by atoms with E-state index in [1.165, 1.54) is 0 Å². The molecule has 2 aromatic carbocycles. The highest BCUT2D eigenvalue weighted by Gasteiger charge is 2.16. The van der Waals surface area contributed by atoms with E-state index < -0.39 is 5.91 Å². The van der Waals surface area contributed by atoms with Gasteiger partial charge in [0.2, 0.25) is 5.91 Å². The normalized spacial score (nSPS) is 10.7. The third-order valence-corrected chi connectivity index (χ3v) is 3.43. The highest BCUT2D eigenvalue weighted by Crippen LogP contribution is 2.29. The quantitative estimate of drug-likeness (QED) is 0.770. The van der Waals surface area contributed by atoms with Crippen LogP contribution in [0.4, 0.5) is 0 Å². The molecule has 0 saturated carbocycles. The molecule has 0 unspecified atom stereocenters. The van der Waals surface area contributed by atoms with Crippen LogP contribution >= 0.6 is 0 Å². The second-order valence-corrected chi connectivity index (χ2v) is 4.71. The highest BCUT2D eigenvalue weighted by molar-refractivity contribution is 6.08. The minimum atomic E-state index is -0.418. The Labute approximate surface area is 117 Å². The van der Waals surface area contributed by atoms with E-state index in [-0.39, 0.29) is 0 Å². The van der Waals surface area contributed by atoms with Crippen LogP contribution in [-0.2, 0) is 0 Å². The number of carbonyl (C=O) groups is 1. The molecule has 0 aliphatic heterocycles. The maximum absolute atomic E-state index is 11.8. The number of amides is 1. The summed E-state index contributed by atoms with van der Waals surface area (Å²) in [7, 11) is 0. The lowest BCUT2D eigenvalue weighted by atomic mass is 9.97. The molecule has 0 radical (unpaired) electrons.